The summed E-state index contributed by atoms with van der Waals surface area (Å²) in [5.74, 6) is -4.62. The molecule has 4 amide bonds. The van der Waals surface area contributed by atoms with Gasteiger partial charge in [0, 0.05) is 17.0 Å². The summed E-state index contributed by atoms with van der Waals surface area (Å²) in [6.45, 7) is 3.22. The minimum absolute atomic E-state index is 0.0520. The predicted molar refractivity (Wildman–Crippen MR) is 165 cm³/mol. The van der Waals surface area contributed by atoms with E-state index in [9.17, 15) is 29.1 Å². The predicted octanol–water partition coefficient (Wildman–Crippen LogP) is 5.04. The van der Waals surface area contributed by atoms with Crippen molar-refractivity contribution in [3.05, 3.63) is 95.6 Å². The Hall–Kier alpha value is -5.05. The molecule has 45 heavy (non-hydrogen) atoms. The van der Waals surface area contributed by atoms with Gasteiger partial charge >= 0.3 is 0 Å². The van der Waals surface area contributed by atoms with Crippen LogP contribution in [0, 0.1) is 29.1 Å². The summed E-state index contributed by atoms with van der Waals surface area (Å²) in [4.78, 5) is 71.0. The first kappa shape index (κ1) is 28.7. The number of rotatable bonds is 5. The third-order valence-corrected chi connectivity index (χ3v) is 10.4. The Morgan fingerprint density at radius 2 is 1.56 bits per heavy atom. The Labute approximate surface area is 260 Å². The smallest absolute Gasteiger partial charge is 0.241 e. The molecule has 2 aliphatic carbocycles. The number of hydrogen-bond acceptors (Lipinski definition) is 7. The Kier molecular flexibility index (Phi) is 6.54. The number of allylic oxidation sites excluding steroid dienone is 2. The van der Waals surface area contributed by atoms with Crippen molar-refractivity contribution in [1.29, 1.82) is 0 Å². The zero-order valence-corrected chi connectivity index (χ0v) is 25.1. The molecule has 3 aromatic carbocycles. The zero-order valence-electron chi connectivity index (χ0n) is 25.1. The van der Waals surface area contributed by atoms with Crippen molar-refractivity contribution in [2.24, 2.45) is 29.1 Å². The Bertz CT molecular complexity index is 1810. The average molecular weight is 605 g/mol. The first-order chi connectivity index (χ1) is 21.6. The summed E-state index contributed by atoms with van der Waals surface area (Å²) >= 11 is 0. The van der Waals surface area contributed by atoms with Gasteiger partial charge in [-0.3, -0.25) is 28.9 Å². The molecule has 3 fully saturated rings. The fourth-order valence-electron chi connectivity index (χ4n) is 8.17. The van der Waals surface area contributed by atoms with Gasteiger partial charge in [0.15, 0.2) is 5.78 Å². The van der Waals surface area contributed by atoms with Gasteiger partial charge in [-0.05, 0) is 87.2 Å². The number of anilines is 2. The quantitative estimate of drug-likeness (QED) is 0.246. The van der Waals surface area contributed by atoms with Crippen molar-refractivity contribution in [2.75, 3.05) is 16.9 Å². The van der Waals surface area contributed by atoms with Crippen LogP contribution in [0.25, 0.3) is 0 Å². The zero-order chi connectivity index (χ0) is 31.8. The average Bonchev–Trinajstić information content (AvgIpc) is 3.41. The molecule has 1 N–H and O–H groups in total. The van der Waals surface area contributed by atoms with E-state index >= 15 is 0 Å². The number of amides is 4. The highest BCUT2D eigenvalue weighted by molar-refractivity contribution is 6.25. The van der Waals surface area contributed by atoms with Gasteiger partial charge in [-0.1, -0.05) is 29.8 Å². The van der Waals surface area contributed by atoms with E-state index in [1.165, 1.54) is 29.9 Å². The summed E-state index contributed by atoms with van der Waals surface area (Å²) in [7, 11) is 1.51. The number of aromatic hydroxyl groups is 1. The molecule has 0 bridgehead atoms. The molecule has 6 atom stereocenters. The Morgan fingerprint density at radius 3 is 2.22 bits per heavy atom. The molecule has 0 radical (unpaired) electrons. The molecule has 4 aliphatic rings. The van der Waals surface area contributed by atoms with Crippen LogP contribution < -0.4 is 14.5 Å². The molecule has 0 unspecified atom stereocenters. The molecular weight excluding hydrogens is 572 g/mol. The molecule has 1 saturated carbocycles. The van der Waals surface area contributed by atoms with E-state index in [1.807, 2.05) is 12.1 Å². The molecule has 0 spiro atoms. The summed E-state index contributed by atoms with van der Waals surface area (Å²) in [6, 6.07) is 20.0. The molecule has 9 heteroatoms. The van der Waals surface area contributed by atoms with Gasteiger partial charge < -0.3 is 9.84 Å². The lowest BCUT2D eigenvalue weighted by Gasteiger charge is -2.49. The molecule has 0 aromatic heterocycles. The second-order valence-electron chi connectivity index (χ2n) is 12.5. The van der Waals surface area contributed by atoms with Crippen LogP contribution in [0.5, 0.6) is 11.5 Å². The number of para-hydroxylation sites is 1. The molecule has 2 saturated heterocycles. The number of hydrogen-bond donors (Lipinski definition) is 1. The van der Waals surface area contributed by atoms with Crippen LogP contribution in [-0.4, -0.2) is 41.6 Å². The topological polar surface area (TPSA) is 121 Å². The largest absolute Gasteiger partial charge is 0.508 e. The van der Waals surface area contributed by atoms with E-state index in [1.54, 1.807) is 67.6 Å². The van der Waals surface area contributed by atoms with Gasteiger partial charge in [0.2, 0.25) is 23.6 Å². The lowest BCUT2D eigenvalue weighted by Crippen LogP contribution is -2.48. The van der Waals surface area contributed by atoms with Crippen molar-refractivity contribution in [3.8, 4) is 11.5 Å². The fraction of sp³-hybridized carbons (Fsp3) is 0.306. The van der Waals surface area contributed by atoms with Crippen molar-refractivity contribution < 1.29 is 33.8 Å². The van der Waals surface area contributed by atoms with E-state index in [0.717, 1.165) is 5.57 Å². The number of carbonyl (C=O) groups is 5. The number of methoxy groups -OCH3 is 1. The summed E-state index contributed by atoms with van der Waals surface area (Å²) in [5.41, 5.74) is 1.24. The molecule has 2 heterocycles. The van der Waals surface area contributed by atoms with Gasteiger partial charge in [0.25, 0.3) is 0 Å². The van der Waals surface area contributed by atoms with Crippen molar-refractivity contribution in [3.63, 3.8) is 0 Å². The van der Waals surface area contributed by atoms with Gasteiger partial charge in [-0.25, -0.2) is 4.90 Å². The number of phenols is 1. The van der Waals surface area contributed by atoms with Crippen LogP contribution in [0.3, 0.4) is 0 Å². The van der Waals surface area contributed by atoms with E-state index in [2.05, 4.69) is 0 Å². The van der Waals surface area contributed by atoms with E-state index in [-0.39, 0.29) is 48.0 Å². The van der Waals surface area contributed by atoms with E-state index in [4.69, 9.17) is 4.74 Å². The number of ether oxygens (including phenoxy) is 1. The molecular formula is C36H32N2O7. The summed E-state index contributed by atoms with van der Waals surface area (Å²) < 4.78 is 5.49. The highest BCUT2D eigenvalue weighted by atomic mass is 16.5. The van der Waals surface area contributed by atoms with Crippen LogP contribution in [0.15, 0.2) is 84.4 Å². The molecule has 7 rings (SSSR count). The molecule has 228 valence electrons. The van der Waals surface area contributed by atoms with Crippen LogP contribution >= 0.6 is 0 Å². The third-order valence-electron chi connectivity index (χ3n) is 10.4. The number of carbonyl (C=O) groups excluding carboxylic acids is 5. The van der Waals surface area contributed by atoms with Crippen molar-refractivity contribution in [2.45, 2.75) is 32.6 Å². The van der Waals surface area contributed by atoms with Gasteiger partial charge in [-0.15, -0.1) is 0 Å². The van der Waals surface area contributed by atoms with Crippen LogP contribution in [0.2, 0.25) is 0 Å². The molecule has 2 aliphatic heterocycles. The molecule has 9 nitrogen and oxygen atoms in total. The van der Waals surface area contributed by atoms with Gasteiger partial charge in [0.05, 0.1) is 41.7 Å². The maximum atomic E-state index is 14.5. The Morgan fingerprint density at radius 1 is 0.867 bits per heavy atom. The third kappa shape index (κ3) is 4.02. The standard InChI is InChI=1S/C36H32N2O7/c1-19(39)20-9-11-22(12-10-20)37-32(41)25-15-14-24-26(30(25)34(37)43)18-28-33(42)38(21-7-5-4-6-8-21)35(44)36(28,2)31(24)27-17-23(45-3)13-16-29(27)40/h4-14,16-17,25-26,28,30-31,40H,15,18H2,1-3H3/t25-,26+,28-,30-,31+,36+/m0/s1. The van der Waals surface area contributed by atoms with Gasteiger partial charge in [-0.2, -0.15) is 0 Å². The summed E-state index contributed by atoms with van der Waals surface area (Å²) in [6.07, 6.45) is 2.41. The van der Waals surface area contributed by atoms with Crippen molar-refractivity contribution >= 4 is 40.8 Å². The number of nitrogens with zero attached hydrogens (tertiary/aromatic N) is 2. The maximum absolute atomic E-state index is 14.5. The highest BCUT2D eigenvalue weighted by Crippen LogP contribution is 2.64. The monoisotopic (exact) mass is 604 g/mol. The number of ketones is 1. The van der Waals surface area contributed by atoms with Gasteiger partial charge in [0.1, 0.15) is 11.5 Å². The number of Topliss-reactive ketones (excluding diaryl/α,β-unsaturated/α-hetero) is 1. The normalized spacial score (nSPS) is 28.9. The minimum Gasteiger partial charge on any atom is -0.508 e. The van der Waals surface area contributed by atoms with E-state index in [0.29, 0.717) is 28.3 Å². The van der Waals surface area contributed by atoms with E-state index < -0.39 is 35.0 Å². The number of fused-ring (bicyclic) bond motifs is 4. The SMILES string of the molecule is COc1ccc(O)c([C@H]2C3=CC[C@@H]4C(=O)N(c5ccc(C(C)=O)cc5)C(=O)[C@@H]4[C@@H]3C[C@H]3C(=O)N(c4ccccc4)C(=O)[C@@]23C)c1. The highest BCUT2D eigenvalue weighted by Gasteiger charge is 2.68. The number of imide groups is 2. The Balaban J connectivity index is 1.36. The maximum Gasteiger partial charge on any atom is 0.241 e. The van der Waals surface area contributed by atoms with Crippen LogP contribution in [0.4, 0.5) is 11.4 Å². The number of phenolic OH excluding ortho intramolecular Hbond substituents is 1. The second kappa shape index (κ2) is 10.3. The molecule has 3 aromatic rings. The lowest BCUT2D eigenvalue weighted by atomic mass is 9.51. The lowest BCUT2D eigenvalue weighted by molar-refractivity contribution is -0.131. The van der Waals surface area contributed by atoms with Crippen LogP contribution in [-0.2, 0) is 19.2 Å². The minimum atomic E-state index is -1.28. The van der Waals surface area contributed by atoms with Crippen molar-refractivity contribution in [1.82, 2.24) is 0 Å². The summed E-state index contributed by atoms with van der Waals surface area (Å²) in [5, 5.41) is 11.2. The first-order valence-corrected chi connectivity index (χ1v) is 15.1. The number of benzene rings is 3. The second-order valence-corrected chi connectivity index (χ2v) is 12.5. The van der Waals surface area contributed by atoms with Crippen LogP contribution in [0.1, 0.15) is 48.5 Å². The fourth-order valence-corrected chi connectivity index (χ4v) is 8.17. The first-order valence-electron chi connectivity index (χ1n) is 15.1.